The highest BCUT2D eigenvalue weighted by Gasteiger charge is 2.16. The number of aromatic nitrogens is 2. The van der Waals surface area contributed by atoms with Crippen molar-refractivity contribution in [1.29, 1.82) is 0 Å². The van der Waals surface area contributed by atoms with Gasteiger partial charge in [0.25, 0.3) is 0 Å². The van der Waals surface area contributed by atoms with Crippen LogP contribution in [-0.4, -0.2) is 29.0 Å². The molecule has 0 spiro atoms. The monoisotopic (exact) mass is 340 g/mol. The van der Waals surface area contributed by atoms with Gasteiger partial charge in [-0.3, -0.25) is 4.79 Å². The Bertz CT molecular complexity index is 860. The predicted octanol–water partition coefficient (Wildman–Crippen LogP) is 3.77. The first-order chi connectivity index (χ1) is 11.6. The van der Waals surface area contributed by atoms with Crippen LogP contribution in [0.1, 0.15) is 17.4 Å². The summed E-state index contributed by atoms with van der Waals surface area (Å²) in [7, 11) is 0. The van der Waals surface area contributed by atoms with Crippen LogP contribution in [0.25, 0.3) is 10.2 Å². The molecular formula is C18H20N4OS. The van der Waals surface area contributed by atoms with Crippen molar-refractivity contribution in [2.75, 3.05) is 23.3 Å². The molecule has 1 amide bonds. The fourth-order valence-electron chi connectivity index (χ4n) is 2.68. The lowest BCUT2D eigenvalue weighted by Crippen LogP contribution is -2.35. The maximum absolute atomic E-state index is 12.6. The van der Waals surface area contributed by atoms with Gasteiger partial charge in [-0.1, -0.05) is 18.2 Å². The molecule has 0 bridgehead atoms. The number of rotatable bonds is 5. The van der Waals surface area contributed by atoms with Gasteiger partial charge in [0.15, 0.2) is 0 Å². The summed E-state index contributed by atoms with van der Waals surface area (Å²) >= 11 is 1.65. The number of aryl methyl sites for hydroxylation is 2. The highest BCUT2D eigenvalue weighted by molar-refractivity contribution is 7.18. The molecule has 124 valence electrons. The average molecular weight is 340 g/mol. The van der Waals surface area contributed by atoms with E-state index < -0.39 is 0 Å². The van der Waals surface area contributed by atoms with E-state index in [1.165, 1.54) is 10.4 Å². The molecule has 2 aromatic heterocycles. The van der Waals surface area contributed by atoms with E-state index in [0.29, 0.717) is 6.54 Å². The largest absolute Gasteiger partial charge is 0.360 e. The number of fused-ring (bicyclic) bond motifs is 1. The average Bonchev–Trinajstić information content (AvgIpc) is 2.89. The van der Waals surface area contributed by atoms with Gasteiger partial charge in [0.2, 0.25) is 5.91 Å². The van der Waals surface area contributed by atoms with Crippen molar-refractivity contribution in [2.45, 2.75) is 20.8 Å². The van der Waals surface area contributed by atoms with Crippen LogP contribution >= 0.6 is 11.3 Å². The minimum Gasteiger partial charge on any atom is -0.360 e. The normalized spacial score (nSPS) is 10.8. The molecule has 0 unspecified atom stereocenters. The summed E-state index contributed by atoms with van der Waals surface area (Å²) < 4.78 is 0. The molecule has 3 aromatic rings. The zero-order valence-corrected chi connectivity index (χ0v) is 14.9. The van der Waals surface area contributed by atoms with Crippen molar-refractivity contribution in [3.8, 4) is 0 Å². The molecule has 0 fully saturated rings. The number of para-hydroxylation sites is 1. The predicted molar refractivity (Wildman–Crippen MR) is 99.8 cm³/mol. The second-order valence-electron chi connectivity index (χ2n) is 5.51. The Labute approximate surface area is 145 Å². The Hall–Kier alpha value is -2.47. The van der Waals surface area contributed by atoms with Crippen LogP contribution in [0, 0.1) is 13.8 Å². The van der Waals surface area contributed by atoms with Crippen LogP contribution in [-0.2, 0) is 4.79 Å². The minimum atomic E-state index is 0.0140. The molecule has 24 heavy (non-hydrogen) atoms. The van der Waals surface area contributed by atoms with E-state index >= 15 is 0 Å². The maximum Gasteiger partial charge on any atom is 0.246 e. The molecule has 1 N–H and O–H groups in total. The number of amides is 1. The van der Waals surface area contributed by atoms with Gasteiger partial charge in [-0.2, -0.15) is 0 Å². The molecule has 0 saturated heterocycles. The number of nitrogens with one attached hydrogen (secondary N) is 1. The summed E-state index contributed by atoms with van der Waals surface area (Å²) in [6.45, 7) is 6.93. The zero-order valence-electron chi connectivity index (χ0n) is 14.0. The molecule has 5 nitrogen and oxygen atoms in total. The SMILES string of the molecule is CCN(C(=O)CNc1ncnc2sc(C)c(C)c12)c1ccccc1. The van der Waals surface area contributed by atoms with Crippen molar-refractivity contribution in [3.05, 3.63) is 47.1 Å². The van der Waals surface area contributed by atoms with Crippen molar-refractivity contribution in [1.82, 2.24) is 9.97 Å². The van der Waals surface area contributed by atoms with E-state index in [1.54, 1.807) is 22.6 Å². The Morgan fingerprint density at radius 1 is 1.21 bits per heavy atom. The molecule has 2 heterocycles. The van der Waals surface area contributed by atoms with Crippen molar-refractivity contribution in [3.63, 3.8) is 0 Å². The van der Waals surface area contributed by atoms with Crippen molar-refractivity contribution >= 4 is 39.0 Å². The third kappa shape index (κ3) is 3.10. The summed E-state index contributed by atoms with van der Waals surface area (Å²) in [5, 5.41) is 4.20. The first kappa shape index (κ1) is 16.4. The smallest absolute Gasteiger partial charge is 0.246 e. The molecule has 3 rings (SSSR count). The van der Waals surface area contributed by atoms with Gasteiger partial charge in [0.05, 0.1) is 11.9 Å². The third-order valence-corrected chi connectivity index (χ3v) is 5.17. The summed E-state index contributed by atoms with van der Waals surface area (Å²) in [4.78, 5) is 25.2. The number of carbonyl (C=O) groups is 1. The van der Waals surface area contributed by atoms with E-state index in [0.717, 1.165) is 21.7 Å². The fraction of sp³-hybridized carbons (Fsp3) is 0.278. The van der Waals surface area contributed by atoms with Gasteiger partial charge < -0.3 is 10.2 Å². The van der Waals surface area contributed by atoms with Gasteiger partial charge in [0.1, 0.15) is 17.0 Å². The van der Waals surface area contributed by atoms with Crippen LogP contribution in [0.3, 0.4) is 0 Å². The molecule has 1 aromatic carbocycles. The molecule has 0 aliphatic carbocycles. The molecule has 0 radical (unpaired) electrons. The van der Waals surface area contributed by atoms with Crippen molar-refractivity contribution in [2.24, 2.45) is 0 Å². The maximum atomic E-state index is 12.6. The standard InChI is InChI=1S/C18H20N4OS/c1-4-22(14-8-6-5-7-9-14)15(23)10-19-17-16-12(2)13(3)24-18(16)21-11-20-17/h5-9,11H,4,10H2,1-3H3,(H,19,20,21). The molecule has 0 aliphatic heterocycles. The topological polar surface area (TPSA) is 58.1 Å². The van der Waals surface area contributed by atoms with Gasteiger partial charge in [-0.25, -0.2) is 9.97 Å². The van der Waals surface area contributed by atoms with Crippen LogP contribution < -0.4 is 10.2 Å². The van der Waals surface area contributed by atoms with Crippen molar-refractivity contribution < 1.29 is 4.79 Å². The molecule has 6 heteroatoms. The second kappa shape index (κ2) is 6.97. The molecular weight excluding hydrogens is 320 g/mol. The Morgan fingerprint density at radius 3 is 2.67 bits per heavy atom. The summed E-state index contributed by atoms with van der Waals surface area (Å²) in [6, 6.07) is 9.70. The molecule has 0 aliphatic rings. The minimum absolute atomic E-state index is 0.0140. The second-order valence-corrected chi connectivity index (χ2v) is 6.72. The Morgan fingerprint density at radius 2 is 1.96 bits per heavy atom. The van der Waals surface area contributed by atoms with Crippen LogP contribution in [0.15, 0.2) is 36.7 Å². The number of likely N-dealkylation sites (N-methyl/N-ethyl adjacent to an activating group) is 1. The van der Waals surface area contributed by atoms with E-state index in [-0.39, 0.29) is 12.5 Å². The number of carbonyl (C=O) groups excluding carboxylic acids is 1. The third-order valence-electron chi connectivity index (χ3n) is 4.06. The number of hydrogen-bond donors (Lipinski definition) is 1. The van der Waals surface area contributed by atoms with E-state index in [9.17, 15) is 4.79 Å². The summed E-state index contributed by atoms with van der Waals surface area (Å²) in [5.74, 6) is 0.736. The first-order valence-corrected chi connectivity index (χ1v) is 8.73. The highest BCUT2D eigenvalue weighted by Crippen LogP contribution is 2.32. The number of thiophene rings is 1. The van der Waals surface area contributed by atoms with Gasteiger partial charge in [-0.05, 0) is 38.5 Å². The first-order valence-electron chi connectivity index (χ1n) is 7.91. The lowest BCUT2D eigenvalue weighted by Gasteiger charge is -2.21. The highest BCUT2D eigenvalue weighted by atomic mass is 32.1. The lowest BCUT2D eigenvalue weighted by atomic mass is 10.2. The Kier molecular flexibility index (Phi) is 4.76. The van der Waals surface area contributed by atoms with E-state index in [1.807, 2.05) is 37.3 Å². The van der Waals surface area contributed by atoms with Crippen LogP contribution in [0.5, 0.6) is 0 Å². The summed E-state index contributed by atoms with van der Waals surface area (Å²) in [5.41, 5.74) is 2.07. The van der Waals surface area contributed by atoms with E-state index in [4.69, 9.17) is 0 Å². The number of anilines is 2. The summed E-state index contributed by atoms with van der Waals surface area (Å²) in [6.07, 6.45) is 1.54. The molecule has 0 atom stereocenters. The Balaban J connectivity index is 1.79. The van der Waals surface area contributed by atoms with Crippen LogP contribution in [0.2, 0.25) is 0 Å². The quantitative estimate of drug-likeness (QED) is 0.768. The van der Waals surface area contributed by atoms with Crippen LogP contribution in [0.4, 0.5) is 11.5 Å². The lowest BCUT2D eigenvalue weighted by molar-refractivity contribution is -0.116. The van der Waals surface area contributed by atoms with Gasteiger partial charge >= 0.3 is 0 Å². The van der Waals surface area contributed by atoms with Gasteiger partial charge in [-0.15, -0.1) is 11.3 Å². The number of benzene rings is 1. The zero-order chi connectivity index (χ0) is 17.1. The number of nitrogens with zero attached hydrogens (tertiary/aromatic N) is 3. The fourth-order valence-corrected chi connectivity index (χ4v) is 3.68. The van der Waals surface area contributed by atoms with Gasteiger partial charge in [0, 0.05) is 17.1 Å². The van der Waals surface area contributed by atoms with E-state index in [2.05, 4.69) is 29.1 Å². The molecule has 0 saturated carbocycles. The number of hydrogen-bond acceptors (Lipinski definition) is 5.